The maximum absolute atomic E-state index is 13.3. The Morgan fingerprint density at radius 2 is 1.67 bits per heavy atom. The van der Waals surface area contributed by atoms with E-state index in [0.29, 0.717) is 28.6 Å². The maximum Gasteiger partial charge on any atom is 0.242 e. The number of rotatable bonds is 9. The van der Waals surface area contributed by atoms with E-state index in [1.807, 2.05) is 20.8 Å². The third kappa shape index (κ3) is 6.71. The van der Waals surface area contributed by atoms with E-state index in [4.69, 9.17) is 23.2 Å². The molecule has 0 radical (unpaired) electrons. The van der Waals surface area contributed by atoms with Crippen molar-refractivity contribution in [2.45, 2.75) is 46.2 Å². The molecule has 0 spiro atoms. The summed E-state index contributed by atoms with van der Waals surface area (Å²) in [5.74, 6) is -0.566. The summed E-state index contributed by atoms with van der Waals surface area (Å²) in [6.07, 6.45) is 0.404. The van der Waals surface area contributed by atoms with Crippen molar-refractivity contribution in [3.63, 3.8) is 0 Å². The summed E-state index contributed by atoms with van der Waals surface area (Å²) in [5, 5.41) is 3.70. The molecule has 2 amide bonds. The van der Waals surface area contributed by atoms with Gasteiger partial charge < -0.3 is 10.2 Å². The summed E-state index contributed by atoms with van der Waals surface area (Å²) < 4.78 is 13.3. The van der Waals surface area contributed by atoms with Gasteiger partial charge in [0, 0.05) is 23.1 Å². The van der Waals surface area contributed by atoms with Crippen LogP contribution in [0.25, 0.3) is 0 Å². The molecule has 30 heavy (non-hydrogen) atoms. The molecular weight excluding hydrogens is 426 g/mol. The van der Waals surface area contributed by atoms with Gasteiger partial charge in [-0.1, -0.05) is 62.2 Å². The summed E-state index contributed by atoms with van der Waals surface area (Å²) in [6, 6.07) is 10.3. The van der Waals surface area contributed by atoms with Crippen LogP contribution in [0.5, 0.6) is 0 Å². The Hall–Kier alpha value is -2.11. The first-order valence-corrected chi connectivity index (χ1v) is 10.7. The van der Waals surface area contributed by atoms with Crippen molar-refractivity contribution >= 4 is 35.0 Å². The second kappa shape index (κ2) is 11.3. The standard InChI is InChI=1S/C23H27Cl2FN2O2/c1-4-21(23(30)27-13-15(2)3)28(14-16-8-10-17(26)11-9-16)22(29)12-18-19(24)6-5-7-20(18)25/h5-11,15,21H,4,12-14H2,1-3H3,(H,27,30). The van der Waals surface area contributed by atoms with Crippen molar-refractivity contribution in [2.24, 2.45) is 5.92 Å². The number of carbonyl (C=O) groups is 2. The molecule has 7 heteroatoms. The van der Waals surface area contributed by atoms with E-state index in [2.05, 4.69) is 5.32 Å². The highest BCUT2D eigenvalue weighted by molar-refractivity contribution is 6.36. The van der Waals surface area contributed by atoms with Crippen molar-refractivity contribution in [1.29, 1.82) is 0 Å². The van der Waals surface area contributed by atoms with E-state index < -0.39 is 6.04 Å². The molecule has 0 saturated carbocycles. The molecule has 2 aromatic carbocycles. The van der Waals surface area contributed by atoms with Crippen molar-refractivity contribution in [3.05, 3.63) is 69.5 Å². The zero-order chi connectivity index (χ0) is 22.3. The van der Waals surface area contributed by atoms with Crippen LogP contribution in [0.15, 0.2) is 42.5 Å². The average molecular weight is 453 g/mol. The fourth-order valence-corrected chi connectivity index (χ4v) is 3.61. The van der Waals surface area contributed by atoms with Crippen LogP contribution in [-0.4, -0.2) is 29.3 Å². The van der Waals surface area contributed by atoms with Crippen LogP contribution in [0.3, 0.4) is 0 Å². The number of benzene rings is 2. The van der Waals surface area contributed by atoms with Gasteiger partial charge in [0.2, 0.25) is 11.8 Å². The van der Waals surface area contributed by atoms with Gasteiger partial charge in [-0.15, -0.1) is 0 Å². The first kappa shape index (κ1) is 24.2. The van der Waals surface area contributed by atoms with Crippen LogP contribution in [0.4, 0.5) is 4.39 Å². The predicted molar refractivity (Wildman–Crippen MR) is 119 cm³/mol. The second-order valence-electron chi connectivity index (χ2n) is 7.59. The molecule has 0 bridgehead atoms. The van der Waals surface area contributed by atoms with Gasteiger partial charge in [0.25, 0.3) is 0 Å². The highest BCUT2D eigenvalue weighted by atomic mass is 35.5. The molecule has 0 fully saturated rings. The summed E-state index contributed by atoms with van der Waals surface area (Å²) in [5.41, 5.74) is 1.25. The normalized spacial score (nSPS) is 12.0. The Labute approximate surface area is 187 Å². The van der Waals surface area contributed by atoms with E-state index in [0.717, 1.165) is 5.56 Å². The van der Waals surface area contributed by atoms with Crippen LogP contribution in [0, 0.1) is 11.7 Å². The van der Waals surface area contributed by atoms with E-state index >= 15 is 0 Å². The molecule has 2 aromatic rings. The number of halogens is 3. The zero-order valence-corrected chi connectivity index (χ0v) is 18.9. The Kier molecular flexibility index (Phi) is 9.12. The molecule has 2 rings (SSSR count). The van der Waals surface area contributed by atoms with Gasteiger partial charge in [-0.05, 0) is 47.7 Å². The minimum atomic E-state index is -0.664. The lowest BCUT2D eigenvalue weighted by atomic mass is 10.1. The Morgan fingerprint density at radius 3 is 2.20 bits per heavy atom. The zero-order valence-electron chi connectivity index (χ0n) is 17.4. The SMILES string of the molecule is CCC(C(=O)NCC(C)C)N(Cc1ccc(F)cc1)C(=O)Cc1c(Cl)cccc1Cl. The van der Waals surface area contributed by atoms with E-state index in [1.54, 1.807) is 30.3 Å². The highest BCUT2D eigenvalue weighted by Gasteiger charge is 2.29. The first-order valence-electron chi connectivity index (χ1n) is 9.97. The molecule has 0 aromatic heterocycles. The lowest BCUT2D eigenvalue weighted by Gasteiger charge is -2.31. The monoisotopic (exact) mass is 452 g/mol. The third-order valence-corrected chi connectivity index (χ3v) is 5.43. The Morgan fingerprint density at radius 1 is 1.07 bits per heavy atom. The van der Waals surface area contributed by atoms with Crippen molar-refractivity contribution in [2.75, 3.05) is 6.54 Å². The Bertz CT molecular complexity index is 852. The average Bonchev–Trinajstić information content (AvgIpc) is 2.70. The van der Waals surface area contributed by atoms with Crippen LogP contribution in [0.1, 0.15) is 38.3 Å². The van der Waals surface area contributed by atoms with Gasteiger partial charge in [0.05, 0.1) is 6.42 Å². The lowest BCUT2D eigenvalue weighted by Crippen LogP contribution is -2.50. The van der Waals surface area contributed by atoms with Crippen LogP contribution in [-0.2, 0) is 22.6 Å². The van der Waals surface area contributed by atoms with Gasteiger partial charge in [0.1, 0.15) is 11.9 Å². The largest absolute Gasteiger partial charge is 0.354 e. The minimum Gasteiger partial charge on any atom is -0.354 e. The predicted octanol–water partition coefficient (Wildman–Crippen LogP) is 5.25. The van der Waals surface area contributed by atoms with E-state index in [-0.39, 0.29) is 36.5 Å². The minimum absolute atomic E-state index is 0.0341. The summed E-state index contributed by atoms with van der Waals surface area (Å²) in [7, 11) is 0. The number of nitrogens with zero attached hydrogens (tertiary/aromatic N) is 1. The maximum atomic E-state index is 13.3. The smallest absolute Gasteiger partial charge is 0.242 e. The van der Waals surface area contributed by atoms with Crippen LogP contribution >= 0.6 is 23.2 Å². The lowest BCUT2D eigenvalue weighted by molar-refractivity contribution is -0.141. The topological polar surface area (TPSA) is 49.4 Å². The molecule has 4 nitrogen and oxygen atoms in total. The van der Waals surface area contributed by atoms with Crippen molar-refractivity contribution in [3.8, 4) is 0 Å². The fraction of sp³-hybridized carbons (Fsp3) is 0.391. The Balaban J connectivity index is 2.32. The molecule has 162 valence electrons. The number of amides is 2. The molecule has 0 saturated heterocycles. The summed E-state index contributed by atoms with van der Waals surface area (Å²) >= 11 is 12.5. The molecule has 1 atom stereocenters. The van der Waals surface area contributed by atoms with Crippen molar-refractivity contribution in [1.82, 2.24) is 10.2 Å². The quantitative estimate of drug-likeness (QED) is 0.564. The van der Waals surface area contributed by atoms with Gasteiger partial charge in [-0.25, -0.2) is 4.39 Å². The second-order valence-corrected chi connectivity index (χ2v) is 8.40. The van der Waals surface area contributed by atoms with Crippen LogP contribution < -0.4 is 5.32 Å². The van der Waals surface area contributed by atoms with E-state index in [9.17, 15) is 14.0 Å². The van der Waals surface area contributed by atoms with Gasteiger partial charge in [-0.3, -0.25) is 9.59 Å². The number of carbonyl (C=O) groups excluding carboxylic acids is 2. The molecule has 1 N–H and O–H groups in total. The van der Waals surface area contributed by atoms with Gasteiger partial charge in [0.15, 0.2) is 0 Å². The fourth-order valence-electron chi connectivity index (χ4n) is 3.08. The van der Waals surface area contributed by atoms with Crippen LogP contribution in [0.2, 0.25) is 10.0 Å². The summed E-state index contributed by atoms with van der Waals surface area (Å²) in [4.78, 5) is 27.6. The molecule has 0 aliphatic carbocycles. The molecular formula is C23H27Cl2FN2O2. The third-order valence-electron chi connectivity index (χ3n) is 4.73. The highest BCUT2D eigenvalue weighted by Crippen LogP contribution is 2.26. The molecule has 0 heterocycles. The molecule has 0 aliphatic rings. The first-order chi connectivity index (χ1) is 14.2. The summed E-state index contributed by atoms with van der Waals surface area (Å²) in [6.45, 7) is 6.55. The molecule has 0 aliphatic heterocycles. The molecule has 1 unspecified atom stereocenters. The number of hydrogen-bond acceptors (Lipinski definition) is 2. The number of nitrogens with one attached hydrogen (secondary N) is 1. The van der Waals surface area contributed by atoms with Gasteiger partial charge >= 0.3 is 0 Å². The van der Waals surface area contributed by atoms with Crippen molar-refractivity contribution < 1.29 is 14.0 Å². The number of hydrogen-bond donors (Lipinski definition) is 1. The van der Waals surface area contributed by atoms with Gasteiger partial charge in [-0.2, -0.15) is 0 Å². The van der Waals surface area contributed by atoms with E-state index in [1.165, 1.54) is 17.0 Å².